The number of benzene rings is 1. The van der Waals surface area contributed by atoms with E-state index in [1.165, 1.54) is 9.80 Å². The molecule has 44 heavy (non-hydrogen) atoms. The Bertz CT molecular complexity index is 1590. The molecular formula is C33H37N5O5S. The zero-order valence-corrected chi connectivity index (χ0v) is 25.5. The molecule has 0 aliphatic carbocycles. The zero-order chi connectivity index (χ0) is 31.1. The number of amides is 3. The molecule has 4 heterocycles. The molecule has 11 heteroatoms. The minimum atomic E-state index is -1.13. The molecule has 0 spiro atoms. The third kappa shape index (κ3) is 7.16. The number of hydrogen-bond acceptors (Lipinski definition) is 6. The minimum Gasteiger partial charge on any atom is -0.480 e. The first kappa shape index (κ1) is 30.9. The van der Waals surface area contributed by atoms with E-state index in [0.29, 0.717) is 32.4 Å². The number of pyridine rings is 1. The number of H-pyrrole nitrogens is 1. The molecule has 1 aliphatic heterocycles. The number of aliphatic carboxylic acids is 1. The average Bonchev–Trinajstić information content (AvgIpc) is 3.70. The van der Waals surface area contributed by atoms with Crippen molar-refractivity contribution in [2.45, 2.75) is 38.6 Å². The highest BCUT2D eigenvalue weighted by Crippen LogP contribution is 2.26. The molecule has 2 atom stereocenters. The molecule has 3 amide bonds. The molecule has 0 bridgehead atoms. The second-order valence-corrected chi connectivity index (χ2v) is 12.0. The van der Waals surface area contributed by atoms with Gasteiger partial charge >= 0.3 is 5.97 Å². The number of para-hydroxylation sites is 1. The van der Waals surface area contributed by atoms with Crippen molar-refractivity contribution in [3.05, 3.63) is 88.5 Å². The smallest absolute Gasteiger partial charge is 0.323 e. The summed E-state index contributed by atoms with van der Waals surface area (Å²) in [4.78, 5) is 66.9. The predicted octanol–water partition coefficient (Wildman–Crippen LogP) is 3.63. The normalized spacial score (nSPS) is 16.0. The van der Waals surface area contributed by atoms with E-state index in [2.05, 4.69) is 9.97 Å². The largest absolute Gasteiger partial charge is 0.480 e. The van der Waals surface area contributed by atoms with Crippen LogP contribution >= 0.6 is 11.3 Å². The lowest BCUT2D eigenvalue weighted by Gasteiger charge is -2.44. The van der Waals surface area contributed by atoms with Gasteiger partial charge in [-0.25, -0.2) is 0 Å². The molecule has 10 nitrogen and oxygen atoms in total. The number of aromatic nitrogens is 2. The molecule has 230 valence electrons. The number of hydrogen-bond donors (Lipinski definition) is 2. The number of carbonyl (C=O) groups excluding carboxylic acids is 3. The van der Waals surface area contributed by atoms with Crippen LogP contribution in [0.1, 0.15) is 29.5 Å². The van der Waals surface area contributed by atoms with Gasteiger partial charge in [0.25, 0.3) is 0 Å². The van der Waals surface area contributed by atoms with Gasteiger partial charge in [-0.1, -0.05) is 37.3 Å². The Morgan fingerprint density at radius 2 is 1.89 bits per heavy atom. The van der Waals surface area contributed by atoms with E-state index < -0.39 is 30.4 Å². The van der Waals surface area contributed by atoms with Gasteiger partial charge in [0.2, 0.25) is 17.7 Å². The lowest BCUT2D eigenvalue weighted by atomic mass is 9.90. The summed E-state index contributed by atoms with van der Waals surface area (Å²) >= 11 is 1.58. The summed E-state index contributed by atoms with van der Waals surface area (Å²) in [6, 6.07) is 16.3. The standard InChI is InChI=1S/C33H37N5O5S/c1-2-26(32(42)37(22-30(40)41)16-12-23-20-35-28-11-4-3-10-27(23)28)31-33(43)36(17-13-24-8-5-6-15-34-24)21-29(39)38(31)18-14-25-9-7-19-44-25/h3-11,15,19-20,26,31,35H,2,12-14,16-18,21-22H2,1H3,(H,40,41). The van der Waals surface area contributed by atoms with Gasteiger partial charge in [-0.15, -0.1) is 11.3 Å². The van der Waals surface area contributed by atoms with Crippen molar-refractivity contribution in [2.24, 2.45) is 5.92 Å². The summed E-state index contributed by atoms with van der Waals surface area (Å²) < 4.78 is 0. The van der Waals surface area contributed by atoms with Crippen LogP contribution in [0.2, 0.25) is 0 Å². The van der Waals surface area contributed by atoms with Gasteiger partial charge in [0.05, 0.1) is 12.5 Å². The summed E-state index contributed by atoms with van der Waals surface area (Å²) in [5, 5.41) is 12.7. The summed E-state index contributed by atoms with van der Waals surface area (Å²) in [7, 11) is 0. The van der Waals surface area contributed by atoms with E-state index in [4.69, 9.17) is 0 Å². The molecule has 4 aromatic rings. The molecule has 2 unspecified atom stereocenters. The maximum Gasteiger partial charge on any atom is 0.323 e. The molecule has 0 radical (unpaired) electrons. The van der Waals surface area contributed by atoms with Crippen LogP contribution in [0.3, 0.4) is 0 Å². The number of thiophene rings is 1. The van der Waals surface area contributed by atoms with E-state index in [9.17, 15) is 24.3 Å². The van der Waals surface area contributed by atoms with E-state index in [-0.39, 0.29) is 31.3 Å². The lowest BCUT2D eigenvalue weighted by molar-refractivity contribution is -0.162. The number of nitrogens with one attached hydrogen (secondary N) is 1. The highest BCUT2D eigenvalue weighted by molar-refractivity contribution is 7.09. The highest BCUT2D eigenvalue weighted by Gasteiger charge is 2.46. The van der Waals surface area contributed by atoms with Crippen molar-refractivity contribution in [3.8, 4) is 0 Å². The van der Waals surface area contributed by atoms with Crippen LogP contribution in [0.25, 0.3) is 10.9 Å². The number of carboxylic acids is 1. The Kier molecular flexibility index (Phi) is 10.1. The first-order chi connectivity index (χ1) is 21.4. The monoisotopic (exact) mass is 615 g/mol. The van der Waals surface area contributed by atoms with Gasteiger partial charge in [-0.05, 0) is 54.5 Å². The van der Waals surface area contributed by atoms with E-state index in [0.717, 1.165) is 27.0 Å². The summed E-state index contributed by atoms with van der Waals surface area (Å²) in [6.45, 7) is 1.99. The number of fused-ring (bicyclic) bond motifs is 1. The van der Waals surface area contributed by atoms with Crippen molar-refractivity contribution in [2.75, 3.05) is 32.7 Å². The van der Waals surface area contributed by atoms with E-state index in [1.54, 1.807) is 22.4 Å². The molecule has 1 fully saturated rings. The molecule has 2 N–H and O–H groups in total. The number of carboxylic acid groups (broad SMARTS) is 1. The van der Waals surface area contributed by atoms with Crippen LogP contribution in [0.15, 0.2) is 72.4 Å². The van der Waals surface area contributed by atoms with Crippen molar-refractivity contribution in [1.29, 1.82) is 0 Å². The highest BCUT2D eigenvalue weighted by atomic mass is 32.1. The van der Waals surface area contributed by atoms with Gasteiger partial charge in [-0.3, -0.25) is 24.2 Å². The SMILES string of the molecule is CCC(C(=O)N(CCc1c[nH]c2ccccc12)CC(=O)O)C1C(=O)N(CCc2ccccn2)CC(=O)N1CCc1cccs1. The van der Waals surface area contributed by atoms with Crippen LogP contribution in [0.4, 0.5) is 0 Å². The Balaban J connectivity index is 1.39. The fourth-order valence-electron chi connectivity index (χ4n) is 5.92. The van der Waals surface area contributed by atoms with Gasteiger partial charge < -0.3 is 24.8 Å². The van der Waals surface area contributed by atoms with Crippen molar-refractivity contribution >= 4 is 45.9 Å². The number of aromatic amines is 1. The van der Waals surface area contributed by atoms with Crippen LogP contribution in [0, 0.1) is 5.92 Å². The van der Waals surface area contributed by atoms with Crippen LogP contribution in [-0.2, 0) is 38.4 Å². The van der Waals surface area contributed by atoms with Crippen LogP contribution in [-0.4, -0.2) is 92.2 Å². The van der Waals surface area contributed by atoms with Gasteiger partial charge in [0.15, 0.2) is 0 Å². The predicted molar refractivity (Wildman–Crippen MR) is 168 cm³/mol. The molecule has 1 saturated heterocycles. The van der Waals surface area contributed by atoms with Crippen molar-refractivity contribution in [1.82, 2.24) is 24.7 Å². The lowest BCUT2D eigenvalue weighted by Crippen LogP contribution is -2.64. The van der Waals surface area contributed by atoms with Crippen LogP contribution in [0.5, 0.6) is 0 Å². The third-order valence-corrected chi connectivity index (χ3v) is 9.13. The van der Waals surface area contributed by atoms with Crippen molar-refractivity contribution < 1.29 is 24.3 Å². The van der Waals surface area contributed by atoms with E-state index in [1.807, 2.05) is 73.1 Å². The second kappa shape index (κ2) is 14.3. The Hall–Kier alpha value is -4.51. The molecule has 3 aromatic heterocycles. The number of rotatable bonds is 14. The molecule has 1 aliphatic rings. The maximum atomic E-state index is 14.2. The maximum absolute atomic E-state index is 14.2. The minimum absolute atomic E-state index is 0.0728. The van der Waals surface area contributed by atoms with Gasteiger partial charge in [-0.2, -0.15) is 0 Å². The van der Waals surface area contributed by atoms with Crippen LogP contribution < -0.4 is 0 Å². The molecule has 5 rings (SSSR count). The number of carbonyl (C=O) groups is 4. The van der Waals surface area contributed by atoms with Gasteiger partial charge in [0, 0.05) is 59.9 Å². The Labute approximate surface area is 260 Å². The topological polar surface area (TPSA) is 127 Å². The summed E-state index contributed by atoms with van der Waals surface area (Å²) in [6.07, 6.45) is 5.31. The van der Waals surface area contributed by atoms with Gasteiger partial charge in [0.1, 0.15) is 12.6 Å². The summed E-state index contributed by atoms with van der Waals surface area (Å²) in [5.41, 5.74) is 2.74. The average molecular weight is 616 g/mol. The number of nitrogens with zero attached hydrogens (tertiary/aromatic N) is 4. The van der Waals surface area contributed by atoms with Crippen molar-refractivity contribution in [3.63, 3.8) is 0 Å². The number of piperazine rings is 1. The molecular weight excluding hydrogens is 578 g/mol. The third-order valence-electron chi connectivity index (χ3n) is 8.19. The van der Waals surface area contributed by atoms with E-state index >= 15 is 0 Å². The first-order valence-corrected chi connectivity index (χ1v) is 15.8. The quantitative estimate of drug-likeness (QED) is 0.223. The Morgan fingerprint density at radius 3 is 2.61 bits per heavy atom. The first-order valence-electron chi connectivity index (χ1n) is 14.9. The molecule has 1 aromatic carbocycles. The summed E-state index contributed by atoms with van der Waals surface area (Å²) in [5.74, 6) is -2.98. The fourth-order valence-corrected chi connectivity index (χ4v) is 6.62. The zero-order valence-electron chi connectivity index (χ0n) is 24.7. The fraction of sp³-hybridized carbons (Fsp3) is 0.364. The second-order valence-electron chi connectivity index (χ2n) is 11.0. The Morgan fingerprint density at radius 1 is 1.07 bits per heavy atom. The molecule has 0 saturated carbocycles.